The van der Waals surface area contributed by atoms with E-state index in [1.807, 2.05) is 6.92 Å². The molecule has 0 spiro atoms. The molecule has 1 aliphatic heterocycles. The zero-order valence-corrected chi connectivity index (χ0v) is 13.3. The lowest BCUT2D eigenvalue weighted by Crippen LogP contribution is -2.49. The zero-order chi connectivity index (χ0) is 15.3. The lowest BCUT2D eigenvalue weighted by Gasteiger charge is -2.33. The van der Waals surface area contributed by atoms with Crippen molar-refractivity contribution in [2.75, 3.05) is 38.5 Å². The van der Waals surface area contributed by atoms with Crippen LogP contribution in [0.3, 0.4) is 0 Å². The maximum absolute atomic E-state index is 12.8. The minimum Gasteiger partial charge on any atom is -0.300 e. The minimum absolute atomic E-state index is 0.214. The lowest BCUT2D eigenvalue weighted by molar-refractivity contribution is 0.190. The molecule has 0 amide bonds. The van der Waals surface area contributed by atoms with E-state index in [4.69, 9.17) is 0 Å². The number of rotatable bonds is 6. The Morgan fingerprint density at radius 2 is 1.71 bits per heavy atom. The van der Waals surface area contributed by atoms with Gasteiger partial charge in [0.1, 0.15) is 5.82 Å². The van der Waals surface area contributed by atoms with Crippen LogP contribution in [0.4, 0.5) is 4.39 Å². The van der Waals surface area contributed by atoms with Gasteiger partial charge in [0.2, 0.25) is 10.0 Å². The van der Waals surface area contributed by atoms with Crippen molar-refractivity contribution in [3.05, 3.63) is 35.6 Å². The molecule has 0 saturated carbocycles. The van der Waals surface area contributed by atoms with Crippen LogP contribution in [0.5, 0.6) is 0 Å². The van der Waals surface area contributed by atoms with Gasteiger partial charge >= 0.3 is 0 Å². The molecule has 6 heteroatoms. The quantitative estimate of drug-likeness (QED) is 0.803. The Morgan fingerprint density at radius 3 is 2.29 bits per heavy atom. The van der Waals surface area contributed by atoms with Crippen LogP contribution >= 0.6 is 0 Å². The highest BCUT2D eigenvalue weighted by Gasteiger charge is 2.25. The molecule has 0 radical (unpaired) electrons. The average molecular weight is 314 g/mol. The molecule has 1 aliphatic rings. The van der Waals surface area contributed by atoms with E-state index in [2.05, 4.69) is 4.90 Å². The first-order valence-corrected chi connectivity index (χ1v) is 9.07. The van der Waals surface area contributed by atoms with Crippen molar-refractivity contribution in [3.63, 3.8) is 0 Å². The summed E-state index contributed by atoms with van der Waals surface area (Å²) in [6, 6.07) is 6.56. The van der Waals surface area contributed by atoms with Crippen molar-refractivity contribution in [2.24, 2.45) is 0 Å². The molecule has 0 aromatic heterocycles. The summed E-state index contributed by atoms with van der Waals surface area (Å²) < 4.78 is 38.4. The van der Waals surface area contributed by atoms with Gasteiger partial charge in [-0.05, 0) is 30.5 Å². The van der Waals surface area contributed by atoms with Gasteiger partial charge in [0.05, 0.1) is 5.75 Å². The molecule has 118 valence electrons. The predicted octanol–water partition coefficient (Wildman–Crippen LogP) is 1.73. The Balaban J connectivity index is 1.78. The molecule has 0 aliphatic carbocycles. The number of hydrogen-bond donors (Lipinski definition) is 0. The third kappa shape index (κ3) is 4.76. The maximum Gasteiger partial charge on any atom is 0.214 e. The second-order valence-corrected chi connectivity index (χ2v) is 7.52. The smallest absolute Gasteiger partial charge is 0.214 e. The van der Waals surface area contributed by atoms with E-state index in [0.29, 0.717) is 19.5 Å². The van der Waals surface area contributed by atoms with Crippen LogP contribution in [-0.2, 0) is 16.4 Å². The maximum atomic E-state index is 12.8. The molecule has 2 rings (SSSR count). The van der Waals surface area contributed by atoms with Gasteiger partial charge in [0.15, 0.2) is 0 Å². The van der Waals surface area contributed by atoms with Gasteiger partial charge < -0.3 is 4.90 Å². The normalized spacial score (nSPS) is 18.0. The number of piperazine rings is 1. The first-order chi connectivity index (χ1) is 10.0. The van der Waals surface area contributed by atoms with Gasteiger partial charge in [-0.3, -0.25) is 0 Å². The SMILES string of the molecule is CCCS(=O)(=O)N1CCN(CCc2ccc(F)cc2)CC1. The average Bonchev–Trinajstić information content (AvgIpc) is 2.47. The number of benzene rings is 1. The van der Waals surface area contributed by atoms with Gasteiger partial charge in [0.25, 0.3) is 0 Å². The third-order valence-corrected chi connectivity index (χ3v) is 5.89. The Bertz CT molecular complexity index is 537. The fourth-order valence-corrected chi connectivity index (χ4v) is 4.05. The molecular weight excluding hydrogens is 291 g/mol. The first kappa shape index (κ1) is 16.4. The minimum atomic E-state index is -3.06. The molecule has 1 fully saturated rings. The van der Waals surface area contributed by atoms with Gasteiger partial charge in [-0.1, -0.05) is 19.1 Å². The summed E-state index contributed by atoms with van der Waals surface area (Å²) in [6.45, 7) is 5.45. The topological polar surface area (TPSA) is 40.6 Å². The fourth-order valence-electron chi connectivity index (χ4n) is 2.56. The van der Waals surface area contributed by atoms with Crippen LogP contribution in [-0.4, -0.2) is 56.1 Å². The molecule has 0 N–H and O–H groups in total. The number of halogens is 1. The van der Waals surface area contributed by atoms with Crippen LogP contribution in [0.15, 0.2) is 24.3 Å². The predicted molar refractivity (Wildman–Crippen MR) is 82.2 cm³/mol. The van der Waals surface area contributed by atoms with E-state index in [1.165, 1.54) is 12.1 Å². The molecule has 0 unspecified atom stereocenters. The fraction of sp³-hybridized carbons (Fsp3) is 0.600. The van der Waals surface area contributed by atoms with Crippen molar-refractivity contribution in [3.8, 4) is 0 Å². The first-order valence-electron chi connectivity index (χ1n) is 7.46. The van der Waals surface area contributed by atoms with Gasteiger partial charge in [-0.2, -0.15) is 4.31 Å². The molecule has 1 aromatic rings. The zero-order valence-electron chi connectivity index (χ0n) is 12.5. The molecule has 0 bridgehead atoms. The number of nitrogens with zero attached hydrogens (tertiary/aromatic N) is 2. The highest BCUT2D eigenvalue weighted by atomic mass is 32.2. The van der Waals surface area contributed by atoms with Crippen molar-refractivity contribution in [1.29, 1.82) is 0 Å². The molecule has 1 heterocycles. The molecule has 0 atom stereocenters. The van der Waals surface area contributed by atoms with E-state index < -0.39 is 10.0 Å². The van der Waals surface area contributed by atoms with Gasteiger partial charge in [-0.25, -0.2) is 12.8 Å². The Morgan fingerprint density at radius 1 is 1.10 bits per heavy atom. The van der Waals surface area contributed by atoms with Crippen molar-refractivity contribution < 1.29 is 12.8 Å². The van der Waals surface area contributed by atoms with E-state index in [1.54, 1.807) is 16.4 Å². The number of hydrogen-bond acceptors (Lipinski definition) is 3. The highest BCUT2D eigenvalue weighted by molar-refractivity contribution is 7.89. The molecule has 21 heavy (non-hydrogen) atoms. The molecule has 1 saturated heterocycles. The van der Waals surface area contributed by atoms with Crippen molar-refractivity contribution in [1.82, 2.24) is 9.21 Å². The van der Waals surface area contributed by atoms with E-state index >= 15 is 0 Å². The van der Waals surface area contributed by atoms with Crippen LogP contribution in [0.25, 0.3) is 0 Å². The standard InChI is InChI=1S/C15H23FN2O2S/c1-2-13-21(19,20)18-11-9-17(10-12-18)8-7-14-3-5-15(16)6-4-14/h3-6H,2,7-13H2,1H3. The van der Waals surface area contributed by atoms with E-state index in [0.717, 1.165) is 31.6 Å². The second kappa shape index (κ2) is 7.33. The molecule has 1 aromatic carbocycles. The van der Waals surface area contributed by atoms with Crippen molar-refractivity contribution in [2.45, 2.75) is 19.8 Å². The monoisotopic (exact) mass is 314 g/mol. The van der Waals surface area contributed by atoms with E-state index in [-0.39, 0.29) is 11.6 Å². The van der Waals surface area contributed by atoms with Crippen LogP contribution in [0, 0.1) is 5.82 Å². The van der Waals surface area contributed by atoms with Crippen LogP contribution in [0.1, 0.15) is 18.9 Å². The third-order valence-electron chi connectivity index (χ3n) is 3.82. The van der Waals surface area contributed by atoms with Gasteiger partial charge in [-0.15, -0.1) is 0 Å². The molecule has 4 nitrogen and oxygen atoms in total. The summed E-state index contributed by atoms with van der Waals surface area (Å²) in [5.74, 6) is 0.0243. The molecular formula is C15H23FN2O2S. The Hall–Kier alpha value is -0.980. The Kier molecular flexibility index (Phi) is 5.72. The second-order valence-electron chi connectivity index (χ2n) is 5.43. The summed E-state index contributed by atoms with van der Waals surface area (Å²) in [7, 11) is -3.06. The van der Waals surface area contributed by atoms with Crippen LogP contribution < -0.4 is 0 Å². The van der Waals surface area contributed by atoms with E-state index in [9.17, 15) is 12.8 Å². The van der Waals surface area contributed by atoms with Gasteiger partial charge in [0, 0.05) is 32.7 Å². The van der Waals surface area contributed by atoms with Crippen molar-refractivity contribution >= 4 is 10.0 Å². The Labute approximate surface area is 126 Å². The van der Waals surface area contributed by atoms with Crippen LogP contribution in [0.2, 0.25) is 0 Å². The number of sulfonamides is 1. The summed E-state index contributed by atoms with van der Waals surface area (Å²) >= 11 is 0. The summed E-state index contributed by atoms with van der Waals surface area (Å²) in [4.78, 5) is 2.27. The largest absolute Gasteiger partial charge is 0.300 e. The summed E-state index contributed by atoms with van der Waals surface area (Å²) in [5.41, 5.74) is 1.11. The lowest BCUT2D eigenvalue weighted by atomic mass is 10.1. The summed E-state index contributed by atoms with van der Waals surface area (Å²) in [5, 5.41) is 0. The summed E-state index contributed by atoms with van der Waals surface area (Å²) in [6.07, 6.45) is 1.52. The highest BCUT2D eigenvalue weighted by Crippen LogP contribution is 2.10.